The average molecular weight is 631 g/mol. The first kappa shape index (κ1) is 32.2. The molecule has 0 unspecified atom stereocenters. The molecule has 3 aromatic carbocycles. The van der Waals surface area contributed by atoms with E-state index in [1.165, 1.54) is 24.0 Å². The van der Waals surface area contributed by atoms with Gasteiger partial charge in [0, 0.05) is 30.2 Å². The highest BCUT2D eigenvalue weighted by Crippen LogP contribution is 2.38. The standard InChI is InChI=1S/C35H35FN2O6S/c1-3-27-29-21-45-33-7-5-4-6-25(33)16-28(29)24(17-30(27)36)10-13-31(40)32(18-35(41)38-14-15-42-20-34(38)37)43-19-23-8-11-26(12-9-23)44-22(2)39/h4-13,17-18,34H,3,14-16,19-21,37H2,1-2H3/b13-10+,32-18-/t34-/m0/s1. The lowest BCUT2D eigenvalue weighted by Gasteiger charge is -2.32. The van der Waals surface area contributed by atoms with Crippen molar-refractivity contribution in [2.75, 3.05) is 19.8 Å². The predicted octanol–water partition coefficient (Wildman–Crippen LogP) is 5.34. The van der Waals surface area contributed by atoms with E-state index in [1.807, 2.05) is 19.1 Å². The molecule has 8 nitrogen and oxygen atoms in total. The molecule has 1 atom stereocenters. The van der Waals surface area contributed by atoms with Crippen molar-refractivity contribution in [1.29, 1.82) is 0 Å². The number of halogens is 1. The number of hydrogen-bond donors (Lipinski definition) is 1. The SMILES string of the molecule is CCc1c(F)cc(/C=C/C(=O)/C(=C/C(=O)N2CCOC[C@H]2N)OCc2ccc(OC(C)=O)cc2)c2c1CSc1ccccc1C2. The monoisotopic (exact) mass is 630 g/mol. The Hall–Kier alpha value is -4.25. The normalized spacial score (nSPS) is 16.5. The molecule has 5 rings (SSSR count). The van der Waals surface area contributed by atoms with E-state index in [4.69, 9.17) is 19.9 Å². The molecule has 10 heteroatoms. The molecule has 2 aliphatic rings. The number of esters is 1. The number of morpholine rings is 1. The Bertz CT molecular complexity index is 1650. The zero-order chi connectivity index (χ0) is 31.9. The Morgan fingerprint density at radius 3 is 2.64 bits per heavy atom. The molecule has 45 heavy (non-hydrogen) atoms. The van der Waals surface area contributed by atoms with Gasteiger partial charge in [-0.3, -0.25) is 14.4 Å². The number of fused-ring (bicyclic) bond motifs is 2. The van der Waals surface area contributed by atoms with Crippen LogP contribution in [0.25, 0.3) is 6.08 Å². The second kappa shape index (κ2) is 14.7. The molecule has 0 aromatic heterocycles. The van der Waals surface area contributed by atoms with Gasteiger partial charge in [-0.05, 0) is 76.6 Å². The van der Waals surface area contributed by atoms with Gasteiger partial charge >= 0.3 is 5.97 Å². The molecule has 0 saturated carbocycles. The third-order valence-electron chi connectivity index (χ3n) is 7.65. The summed E-state index contributed by atoms with van der Waals surface area (Å²) in [6.07, 6.45) is 4.56. The van der Waals surface area contributed by atoms with Crippen LogP contribution in [0, 0.1) is 5.82 Å². The summed E-state index contributed by atoms with van der Waals surface area (Å²) in [5.41, 5.74) is 11.1. The quantitative estimate of drug-likeness (QED) is 0.146. The molecule has 234 valence electrons. The third kappa shape index (κ3) is 7.89. The van der Waals surface area contributed by atoms with Crippen molar-refractivity contribution >= 4 is 35.5 Å². The Morgan fingerprint density at radius 1 is 1.13 bits per heavy atom. The summed E-state index contributed by atoms with van der Waals surface area (Å²) in [6.45, 7) is 4.02. The number of carbonyl (C=O) groups is 3. The molecule has 0 spiro atoms. The van der Waals surface area contributed by atoms with Gasteiger partial charge in [-0.2, -0.15) is 0 Å². The highest BCUT2D eigenvalue weighted by Gasteiger charge is 2.25. The van der Waals surface area contributed by atoms with Crippen molar-refractivity contribution in [3.63, 3.8) is 0 Å². The Morgan fingerprint density at radius 2 is 1.91 bits per heavy atom. The van der Waals surface area contributed by atoms with E-state index in [1.54, 1.807) is 42.1 Å². The van der Waals surface area contributed by atoms with E-state index in [-0.39, 0.29) is 31.3 Å². The molecule has 0 aliphatic carbocycles. The number of hydrogen-bond acceptors (Lipinski definition) is 8. The Balaban J connectivity index is 1.43. The molecule has 2 aliphatic heterocycles. The summed E-state index contributed by atoms with van der Waals surface area (Å²) in [5, 5.41) is 0. The molecule has 3 aromatic rings. The summed E-state index contributed by atoms with van der Waals surface area (Å²) in [5.74, 6) is -0.967. The van der Waals surface area contributed by atoms with Crippen LogP contribution in [0.4, 0.5) is 4.39 Å². The minimum atomic E-state index is -0.653. The fourth-order valence-corrected chi connectivity index (χ4v) is 6.51. The van der Waals surface area contributed by atoms with Crippen molar-refractivity contribution in [1.82, 2.24) is 4.90 Å². The minimum Gasteiger partial charge on any atom is -0.485 e. The van der Waals surface area contributed by atoms with Crippen molar-refractivity contribution in [2.45, 2.75) is 50.1 Å². The number of nitrogens with zero attached hydrogens (tertiary/aromatic N) is 1. The van der Waals surface area contributed by atoms with E-state index in [2.05, 4.69) is 12.1 Å². The summed E-state index contributed by atoms with van der Waals surface area (Å²) >= 11 is 1.68. The van der Waals surface area contributed by atoms with Crippen molar-refractivity contribution in [2.24, 2.45) is 5.73 Å². The van der Waals surface area contributed by atoms with E-state index >= 15 is 4.39 Å². The van der Waals surface area contributed by atoms with Crippen LogP contribution in [-0.2, 0) is 49.1 Å². The van der Waals surface area contributed by atoms with Crippen molar-refractivity contribution in [3.8, 4) is 5.75 Å². The molecule has 1 fully saturated rings. The molecule has 1 saturated heterocycles. The lowest BCUT2D eigenvalue weighted by molar-refractivity contribution is -0.135. The number of benzene rings is 3. The molecular formula is C35H35FN2O6S. The van der Waals surface area contributed by atoms with E-state index in [0.29, 0.717) is 47.6 Å². The summed E-state index contributed by atoms with van der Waals surface area (Å²) in [4.78, 5) is 40.6. The van der Waals surface area contributed by atoms with Gasteiger partial charge in [0.05, 0.1) is 13.2 Å². The maximum absolute atomic E-state index is 15.3. The van der Waals surface area contributed by atoms with Crippen LogP contribution in [0.5, 0.6) is 5.75 Å². The topological polar surface area (TPSA) is 108 Å². The van der Waals surface area contributed by atoms with Crippen LogP contribution in [0.15, 0.2) is 77.4 Å². The van der Waals surface area contributed by atoms with Crippen molar-refractivity contribution in [3.05, 3.63) is 112 Å². The fraction of sp³-hybridized carbons (Fsp3) is 0.286. The van der Waals surface area contributed by atoms with Crippen LogP contribution in [0.3, 0.4) is 0 Å². The lowest BCUT2D eigenvalue weighted by atomic mass is 9.90. The average Bonchev–Trinajstić information content (AvgIpc) is 3.22. The number of nitrogens with two attached hydrogens (primary N) is 1. The second-order valence-corrected chi connectivity index (χ2v) is 11.7. The largest absolute Gasteiger partial charge is 0.485 e. The number of ether oxygens (including phenoxy) is 3. The zero-order valence-corrected chi connectivity index (χ0v) is 26.0. The third-order valence-corrected chi connectivity index (χ3v) is 8.79. The van der Waals surface area contributed by atoms with Gasteiger partial charge in [0.1, 0.15) is 24.3 Å². The van der Waals surface area contributed by atoms with Crippen molar-refractivity contribution < 1.29 is 33.0 Å². The molecule has 2 heterocycles. The number of rotatable bonds is 9. The summed E-state index contributed by atoms with van der Waals surface area (Å²) in [7, 11) is 0. The molecule has 0 radical (unpaired) electrons. The van der Waals surface area contributed by atoms with Gasteiger partial charge in [0.25, 0.3) is 5.91 Å². The smallest absolute Gasteiger partial charge is 0.308 e. The number of carbonyl (C=O) groups excluding carboxylic acids is 3. The van der Waals surface area contributed by atoms with Crippen LogP contribution in [0.1, 0.15) is 47.2 Å². The minimum absolute atomic E-state index is 0.0303. The predicted molar refractivity (Wildman–Crippen MR) is 170 cm³/mol. The van der Waals surface area contributed by atoms with E-state index in [9.17, 15) is 14.4 Å². The second-order valence-electron chi connectivity index (χ2n) is 10.7. The molecule has 0 bridgehead atoms. The highest BCUT2D eigenvalue weighted by atomic mass is 32.2. The van der Waals surface area contributed by atoms with E-state index < -0.39 is 23.8 Å². The van der Waals surface area contributed by atoms with Crippen LogP contribution in [-0.4, -0.2) is 48.5 Å². The zero-order valence-electron chi connectivity index (χ0n) is 25.2. The fourth-order valence-electron chi connectivity index (χ4n) is 5.36. The maximum Gasteiger partial charge on any atom is 0.308 e. The first-order chi connectivity index (χ1) is 21.7. The van der Waals surface area contributed by atoms with Crippen LogP contribution < -0.4 is 10.5 Å². The lowest BCUT2D eigenvalue weighted by Crippen LogP contribution is -2.53. The highest BCUT2D eigenvalue weighted by molar-refractivity contribution is 7.98. The summed E-state index contributed by atoms with van der Waals surface area (Å²) in [6, 6.07) is 16.2. The van der Waals surface area contributed by atoms with E-state index in [0.717, 1.165) is 27.7 Å². The number of thioether (sulfide) groups is 1. The number of amides is 1. The van der Waals surface area contributed by atoms with Gasteiger partial charge in [-0.15, -0.1) is 11.8 Å². The molecular weight excluding hydrogens is 595 g/mol. The van der Waals surface area contributed by atoms with Crippen LogP contribution >= 0.6 is 11.8 Å². The number of ketones is 1. The number of allylic oxidation sites excluding steroid dienone is 1. The van der Waals surface area contributed by atoms with Gasteiger partial charge in [-0.25, -0.2) is 4.39 Å². The summed E-state index contributed by atoms with van der Waals surface area (Å²) < 4.78 is 31.6. The Labute approximate surface area is 266 Å². The van der Waals surface area contributed by atoms with Gasteiger partial charge in [0.15, 0.2) is 5.76 Å². The molecule has 1 amide bonds. The first-order valence-electron chi connectivity index (χ1n) is 14.8. The molecule has 2 N–H and O–H groups in total. The Kier molecular flexibility index (Phi) is 10.5. The van der Waals surface area contributed by atoms with Gasteiger partial charge < -0.3 is 24.8 Å². The van der Waals surface area contributed by atoms with Gasteiger partial charge in [-0.1, -0.05) is 43.3 Å². The van der Waals surface area contributed by atoms with Crippen LogP contribution in [0.2, 0.25) is 0 Å². The maximum atomic E-state index is 15.3. The van der Waals surface area contributed by atoms with Gasteiger partial charge in [0.2, 0.25) is 5.78 Å². The first-order valence-corrected chi connectivity index (χ1v) is 15.7.